The number of nitrogens with one attached hydrogen (secondary N) is 2. The summed E-state index contributed by atoms with van der Waals surface area (Å²) >= 11 is 0. The van der Waals surface area contributed by atoms with Crippen LogP contribution in [-0.4, -0.2) is 103 Å². The minimum atomic E-state index is -0.271. The first-order valence-corrected chi connectivity index (χ1v) is 17.4. The predicted octanol–water partition coefficient (Wildman–Crippen LogP) is 4.20. The molecular formula is C35H52N8O3. The molecule has 1 atom stereocenters. The Balaban J connectivity index is 1.02. The molecular weight excluding hydrogens is 580 g/mol. The lowest BCUT2D eigenvalue weighted by molar-refractivity contribution is -0.121. The fourth-order valence-corrected chi connectivity index (χ4v) is 7.53. The van der Waals surface area contributed by atoms with Gasteiger partial charge in [0.25, 0.3) is 0 Å². The Morgan fingerprint density at radius 2 is 1.80 bits per heavy atom. The van der Waals surface area contributed by atoms with E-state index in [9.17, 15) is 9.59 Å². The highest BCUT2D eigenvalue weighted by Gasteiger charge is 2.38. The number of nitrogens with zero attached hydrogens (tertiary/aromatic N) is 6. The second-order valence-corrected chi connectivity index (χ2v) is 13.9. The van der Waals surface area contributed by atoms with Crippen LogP contribution in [0.3, 0.4) is 0 Å². The first kappa shape index (κ1) is 32.5. The van der Waals surface area contributed by atoms with Crippen molar-refractivity contribution < 1.29 is 14.3 Å². The number of rotatable bonds is 11. The second kappa shape index (κ2) is 14.1. The van der Waals surface area contributed by atoms with Crippen LogP contribution >= 0.6 is 0 Å². The second-order valence-electron chi connectivity index (χ2n) is 13.9. The summed E-state index contributed by atoms with van der Waals surface area (Å²) in [6, 6.07) is 6.48. The highest BCUT2D eigenvalue weighted by Crippen LogP contribution is 2.37. The summed E-state index contributed by atoms with van der Waals surface area (Å²) in [5, 5.41) is 6.60. The lowest BCUT2D eigenvalue weighted by Gasteiger charge is -2.42. The average molecular weight is 633 g/mol. The molecule has 0 spiro atoms. The van der Waals surface area contributed by atoms with Crippen molar-refractivity contribution >= 4 is 35.0 Å². The van der Waals surface area contributed by atoms with E-state index in [1.807, 2.05) is 25.1 Å². The van der Waals surface area contributed by atoms with Gasteiger partial charge < -0.3 is 30.1 Å². The van der Waals surface area contributed by atoms with Crippen molar-refractivity contribution in [3.05, 3.63) is 30.0 Å². The zero-order valence-corrected chi connectivity index (χ0v) is 28.3. The topological polar surface area (TPSA) is 106 Å². The van der Waals surface area contributed by atoms with Gasteiger partial charge in [0.2, 0.25) is 17.8 Å². The molecule has 2 aliphatic carbocycles. The summed E-state index contributed by atoms with van der Waals surface area (Å²) in [6.07, 6.45) is 9.95. The maximum absolute atomic E-state index is 13.1. The fourth-order valence-electron chi connectivity index (χ4n) is 7.53. The van der Waals surface area contributed by atoms with E-state index in [-0.39, 0.29) is 29.9 Å². The number of amides is 2. The molecule has 2 aliphatic heterocycles. The number of benzene rings is 1. The molecule has 1 aromatic carbocycles. The molecule has 2 N–H and O–H groups in total. The van der Waals surface area contributed by atoms with E-state index in [0.29, 0.717) is 42.0 Å². The van der Waals surface area contributed by atoms with Crippen molar-refractivity contribution in [2.75, 3.05) is 62.0 Å². The number of likely N-dealkylation sites (N-methyl/N-ethyl adjacent to an activating group) is 1. The Morgan fingerprint density at radius 1 is 1.07 bits per heavy atom. The quantitative estimate of drug-likeness (QED) is 0.377. The zero-order chi connectivity index (χ0) is 32.4. The molecule has 2 aromatic rings. The molecule has 0 unspecified atom stereocenters. The molecule has 1 aromatic heterocycles. The van der Waals surface area contributed by atoms with Gasteiger partial charge in [0.1, 0.15) is 17.5 Å². The normalized spacial score (nSPS) is 24.2. The van der Waals surface area contributed by atoms with Crippen LogP contribution in [0.5, 0.6) is 5.75 Å². The van der Waals surface area contributed by atoms with Gasteiger partial charge >= 0.3 is 0 Å². The highest BCUT2D eigenvalue weighted by molar-refractivity contribution is 6.04. The van der Waals surface area contributed by atoms with E-state index in [1.165, 1.54) is 45.6 Å². The van der Waals surface area contributed by atoms with Gasteiger partial charge in [0.05, 0.1) is 25.4 Å². The number of hydrogen-bond donors (Lipinski definition) is 2. The summed E-state index contributed by atoms with van der Waals surface area (Å²) in [5.74, 6) is 2.84. The number of aromatic nitrogens is 2. The van der Waals surface area contributed by atoms with Gasteiger partial charge in [-0.25, -0.2) is 4.98 Å². The SMILES string of the molecule is CC[C@@H]1C(=O)N(C)c2cnc(Nc3ccc(CC(=O)NC4CCC(N5CCN(CC6CC6)CC5)CC4)cc3OC)nc2N1C(C)C. The molecule has 2 saturated carbocycles. The van der Waals surface area contributed by atoms with Crippen molar-refractivity contribution in [1.29, 1.82) is 0 Å². The summed E-state index contributed by atoms with van der Waals surface area (Å²) in [4.78, 5) is 44.5. The smallest absolute Gasteiger partial charge is 0.249 e. The molecule has 46 heavy (non-hydrogen) atoms. The van der Waals surface area contributed by atoms with E-state index in [1.54, 1.807) is 25.3 Å². The van der Waals surface area contributed by atoms with Gasteiger partial charge in [-0.05, 0) is 82.4 Å². The number of hydrogen-bond acceptors (Lipinski definition) is 9. The highest BCUT2D eigenvalue weighted by atomic mass is 16.5. The van der Waals surface area contributed by atoms with Crippen LogP contribution in [0.25, 0.3) is 0 Å². The van der Waals surface area contributed by atoms with E-state index in [0.717, 1.165) is 43.0 Å². The van der Waals surface area contributed by atoms with Crippen LogP contribution in [0.2, 0.25) is 0 Å². The van der Waals surface area contributed by atoms with Crippen LogP contribution < -0.4 is 25.2 Å². The number of carbonyl (C=O) groups is 2. The number of anilines is 4. The van der Waals surface area contributed by atoms with Crippen LogP contribution in [0.4, 0.5) is 23.1 Å². The van der Waals surface area contributed by atoms with Crippen molar-refractivity contribution in [2.45, 2.75) is 96.3 Å². The molecule has 3 heterocycles. The molecule has 0 bridgehead atoms. The maximum atomic E-state index is 13.1. The molecule has 6 rings (SSSR count). The number of methoxy groups -OCH3 is 1. The number of piperazine rings is 1. The Hall–Kier alpha value is -3.44. The zero-order valence-electron chi connectivity index (χ0n) is 28.3. The van der Waals surface area contributed by atoms with E-state index >= 15 is 0 Å². The van der Waals surface area contributed by atoms with Gasteiger partial charge in [-0.15, -0.1) is 0 Å². The van der Waals surface area contributed by atoms with Crippen LogP contribution in [0.1, 0.15) is 71.3 Å². The molecule has 1 saturated heterocycles. The molecule has 3 fully saturated rings. The molecule has 250 valence electrons. The van der Waals surface area contributed by atoms with Gasteiger partial charge in [-0.1, -0.05) is 13.0 Å². The first-order chi connectivity index (χ1) is 22.2. The largest absolute Gasteiger partial charge is 0.495 e. The van der Waals surface area contributed by atoms with Gasteiger partial charge in [-0.3, -0.25) is 14.5 Å². The Kier molecular flexibility index (Phi) is 9.98. The van der Waals surface area contributed by atoms with Gasteiger partial charge in [0.15, 0.2) is 5.82 Å². The average Bonchev–Trinajstić information content (AvgIpc) is 3.88. The third kappa shape index (κ3) is 7.25. The van der Waals surface area contributed by atoms with Crippen molar-refractivity contribution in [3.63, 3.8) is 0 Å². The van der Waals surface area contributed by atoms with Crippen molar-refractivity contribution in [2.24, 2.45) is 5.92 Å². The first-order valence-electron chi connectivity index (χ1n) is 17.4. The maximum Gasteiger partial charge on any atom is 0.249 e. The van der Waals surface area contributed by atoms with Crippen molar-refractivity contribution in [1.82, 2.24) is 25.1 Å². The van der Waals surface area contributed by atoms with Gasteiger partial charge in [0, 0.05) is 57.9 Å². The standard InChI is InChI=1S/C35H52N8O3/c1-6-29-34(45)40(4)30-21-36-35(39-33(30)43(29)23(2)3)38-28-14-9-25(19-31(28)46-5)20-32(44)37-26-10-12-27(13-11-26)42-17-15-41(16-18-42)22-24-7-8-24/h9,14,19,21,23-24,26-27,29H,6-8,10-13,15-18,20,22H2,1-5H3,(H,37,44)(H,36,38,39)/t26?,27?,29-/m1/s1. The van der Waals surface area contributed by atoms with E-state index in [2.05, 4.69) is 44.2 Å². The minimum absolute atomic E-state index is 0.0508. The van der Waals surface area contributed by atoms with Crippen molar-refractivity contribution in [3.8, 4) is 5.75 Å². The molecule has 11 nitrogen and oxygen atoms in total. The number of carbonyl (C=O) groups excluding carboxylic acids is 2. The summed E-state index contributed by atoms with van der Waals surface area (Å²) < 4.78 is 5.70. The Bertz CT molecular complexity index is 1380. The lowest BCUT2D eigenvalue weighted by Crippen LogP contribution is -2.54. The fraction of sp³-hybridized carbons (Fsp3) is 0.657. The van der Waals surface area contributed by atoms with Crippen LogP contribution in [0, 0.1) is 5.92 Å². The molecule has 4 aliphatic rings. The van der Waals surface area contributed by atoms with E-state index in [4.69, 9.17) is 9.72 Å². The summed E-state index contributed by atoms with van der Waals surface area (Å²) in [7, 11) is 3.40. The van der Waals surface area contributed by atoms with E-state index < -0.39 is 0 Å². The third-order valence-electron chi connectivity index (χ3n) is 10.3. The summed E-state index contributed by atoms with van der Waals surface area (Å²) in [6.45, 7) is 12.3. The van der Waals surface area contributed by atoms with Crippen LogP contribution in [-0.2, 0) is 16.0 Å². The molecule has 0 radical (unpaired) electrons. The third-order valence-corrected chi connectivity index (χ3v) is 10.3. The predicted molar refractivity (Wildman–Crippen MR) is 182 cm³/mol. The summed E-state index contributed by atoms with van der Waals surface area (Å²) in [5.41, 5.74) is 2.29. The Labute approximate surface area is 274 Å². The number of ether oxygens (including phenoxy) is 1. The molecule has 11 heteroatoms. The van der Waals surface area contributed by atoms with Gasteiger partial charge in [-0.2, -0.15) is 4.98 Å². The monoisotopic (exact) mass is 632 g/mol. The van der Waals surface area contributed by atoms with Crippen LogP contribution in [0.15, 0.2) is 24.4 Å². The minimum Gasteiger partial charge on any atom is -0.495 e. The lowest BCUT2D eigenvalue weighted by atomic mass is 9.89. The molecule has 2 amide bonds. The number of fused-ring (bicyclic) bond motifs is 1. The Morgan fingerprint density at radius 3 is 2.46 bits per heavy atom.